The summed E-state index contributed by atoms with van der Waals surface area (Å²) in [6, 6.07) is 4.12. The number of urea groups is 1. The standard InChI is InChI=1S/C15H23N3O2/c1-3-13-11-20-10-9-18(13)15(19)17-14(4-2)12-5-7-16-8-6-12/h5-8,13-14H,3-4,9-11H2,1-2H3,(H,17,19)/t13-,14+/m0/s1. The molecule has 2 atom stereocenters. The van der Waals surface area contributed by atoms with Crippen molar-refractivity contribution >= 4 is 6.03 Å². The fourth-order valence-electron chi connectivity index (χ4n) is 2.51. The van der Waals surface area contributed by atoms with Crippen LogP contribution in [0.4, 0.5) is 4.79 Å². The molecule has 1 N–H and O–H groups in total. The highest BCUT2D eigenvalue weighted by Crippen LogP contribution is 2.17. The van der Waals surface area contributed by atoms with Gasteiger partial charge in [0.1, 0.15) is 0 Å². The van der Waals surface area contributed by atoms with Crippen LogP contribution < -0.4 is 5.32 Å². The number of morpholine rings is 1. The van der Waals surface area contributed by atoms with E-state index in [0.29, 0.717) is 19.8 Å². The largest absolute Gasteiger partial charge is 0.377 e. The van der Waals surface area contributed by atoms with Gasteiger partial charge in [0.25, 0.3) is 0 Å². The summed E-state index contributed by atoms with van der Waals surface area (Å²) in [6.07, 6.45) is 5.29. The van der Waals surface area contributed by atoms with Crippen molar-refractivity contribution in [3.05, 3.63) is 30.1 Å². The first-order valence-corrected chi connectivity index (χ1v) is 7.31. The SMILES string of the molecule is CC[C@H]1COCCN1C(=O)N[C@H](CC)c1ccncc1. The van der Waals surface area contributed by atoms with Crippen LogP contribution in [0.2, 0.25) is 0 Å². The lowest BCUT2D eigenvalue weighted by molar-refractivity contribution is 0.0106. The molecule has 1 fully saturated rings. The van der Waals surface area contributed by atoms with Gasteiger partial charge >= 0.3 is 6.03 Å². The zero-order valence-electron chi connectivity index (χ0n) is 12.2. The summed E-state index contributed by atoms with van der Waals surface area (Å²) >= 11 is 0. The Labute approximate surface area is 120 Å². The molecule has 2 amide bonds. The van der Waals surface area contributed by atoms with Gasteiger partial charge in [-0.05, 0) is 30.5 Å². The van der Waals surface area contributed by atoms with E-state index in [-0.39, 0.29) is 18.1 Å². The topological polar surface area (TPSA) is 54.5 Å². The first-order chi connectivity index (χ1) is 9.76. The summed E-state index contributed by atoms with van der Waals surface area (Å²) in [6.45, 7) is 6.07. The quantitative estimate of drug-likeness (QED) is 0.919. The van der Waals surface area contributed by atoms with E-state index in [1.807, 2.05) is 17.0 Å². The molecule has 0 unspecified atom stereocenters. The van der Waals surface area contributed by atoms with Crippen LogP contribution in [0, 0.1) is 0 Å². The van der Waals surface area contributed by atoms with Crippen molar-refractivity contribution in [3.8, 4) is 0 Å². The minimum atomic E-state index is 0.00353. The van der Waals surface area contributed by atoms with Gasteiger partial charge < -0.3 is 15.0 Å². The summed E-state index contributed by atoms with van der Waals surface area (Å²) in [5, 5.41) is 3.12. The van der Waals surface area contributed by atoms with Gasteiger partial charge in [-0.2, -0.15) is 0 Å². The van der Waals surface area contributed by atoms with E-state index in [2.05, 4.69) is 24.1 Å². The maximum Gasteiger partial charge on any atom is 0.318 e. The molecule has 0 radical (unpaired) electrons. The Morgan fingerprint density at radius 3 is 2.90 bits per heavy atom. The van der Waals surface area contributed by atoms with Crippen molar-refractivity contribution < 1.29 is 9.53 Å². The van der Waals surface area contributed by atoms with E-state index in [4.69, 9.17) is 4.74 Å². The molecular weight excluding hydrogens is 254 g/mol. The van der Waals surface area contributed by atoms with Crippen molar-refractivity contribution in [2.75, 3.05) is 19.8 Å². The van der Waals surface area contributed by atoms with Crippen LogP contribution in [-0.4, -0.2) is 41.7 Å². The number of carbonyl (C=O) groups is 1. The Kier molecular flexibility index (Phi) is 5.35. The van der Waals surface area contributed by atoms with Gasteiger partial charge in [-0.1, -0.05) is 13.8 Å². The number of hydrogen-bond donors (Lipinski definition) is 1. The normalized spacial score (nSPS) is 20.5. The summed E-state index contributed by atoms with van der Waals surface area (Å²) in [7, 11) is 0. The molecule has 5 nitrogen and oxygen atoms in total. The summed E-state index contributed by atoms with van der Waals surface area (Å²) < 4.78 is 5.44. The number of hydrogen-bond acceptors (Lipinski definition) is 3. The molecule has 0 aromatic carbocycles. The Morgan fingerprint density at radius 1 is 1.50 bits per heavy atom. The number of pyridine rings is 1. The lowest BCUT2D eigenvalue weighted by Gasteiger charge is -2.36. The minimum Gasteiger partial charge on any atom is -0.377 e. The number of nitrogens with one attached hydrogen (secondary N) is 1. The number of aromatic nitrogens is 1. The number of ether oxygens (including phenoxy) is 1. The highest BCUT2D eigenvalue weighted by Gasteiger charge is 2.27. The molecule has 5 heteroatoms. The van der Waals surface area contributed by atoms with E-state index in [0.717, 1.165) is 18.4 Å². The van der Waals surface area contributed by atoms with E-state index < -0.39 is 0 Å². The smallest absolute Gasteiger partial charge is 0.318 e. The highest BCUT2D eigenvalue weighted by molar-refractivity contribution is 5.75. The number of nitrogens with zero attached hydrogens (tertiary/aromatic N) is 2. The zero-order valence-corrected chi connectivity index (χ0v) is 12.2. The van der Waals surface area contributed by atoms with Crippen LogP contribution in [0.3, 0.4) is 0 Å². The average molecular weight is 277 g/mol. The predicted octanol–water partition coefficient (Wildman–Crippen LogP) is 2.35. The number of amides is 2. The van der Waals surface area contributed by atoms with E-state index >= 15 is 0 Å². The lowest BCUT2D eigenvalue weighted by atomic mass is 10.1. The van der Waals surface area contributed by atoms with Gasteiger partial charge in [-0.25, -0.2) is 4.79 Å². The van der Waals surface area contributed by atoms with Crippen molar-refractivity contribution in [2.45, 2.75) is 38.8 Å². The highest BCUT2D eigenvalue weighted by atomic mass is 16.5. The van der Waals surface area contributed by atoms with E-state index in [9.17, 15) is 4.79 Å². The monoisotopic (exact) mass is 277 g/mol. The van der Waals surface area contributed by atoms with Crippen molar-refractivity contribution in [3.63, 3.8) is 0 Å². The van der Waals surface area contributed by atoms with Crippen molar-refractivity contribution in [1.29, 1.82) is 0 Å². The Morgan fingerprint density at radius 2 is 2.25 bits per heavy atom. The number of carbonyl (C=O) groups excluding carboxylic acids is 1. The van der Waals surface area contributed by atoms with Gasteiger partial charge in [0.2, 0.25) is 0 Å². The molecule has 2 heterocycles. The van der Waals surface area contributed by atoms with Crippen LogP contribution in [0.15, 0.2) is 24.5 Å². The summed E-state index contributed by atoms with van der Waals surface area (Å²) in [4.78, 5) is 18.4. The molecule has 1 aliphatic heterocycles. The summed E-state index contributed by atoms with van der Waals surface area (Å²) in [5.74, 6) is 0. The van der Waals surface area contributed by atoms with Crippen LogP contribution in [0.1, 0.15) is 38.3 Å². The van der Waals surface area contributed by atoms with E-state index in [1.165, 1.54) is 0 Å². The molecule has 1 aromatic heterocycles. The summed E-state index contributed by atoms with van der Waals surface area (Å²) in [5.41, 5.74) is 1.09. The molecule has 110 valence electrons. The second-order valence-corrected chi connectivity index (χ2v) is 5.02. The fourth-order valence-corrected chi connectivity index (χ4v) is 2.51. The maximum atomic E-state index is 12.5. The average Bonchev–Trinajstić information content (AvgIpc) is 2.53. The fraction of sp³-hybridized carbons (Fsp3) is 0.600. The third-order valence-corrected chi connectivity index (χ3v) is 3.77. The number of rotatable bonds is 4. The van der Waals surface area contributed by atoms with Gasteiger partial charge in [-0.15, -0.1) is 0 Å². The molecule has 0 bridgehead atoms. The van der Waals surface area contributed by atoms with Gasteiger partial charge in [0.15, 0.2) is 0 Å². The Bertz CT molecular complexity index is 424. The molecule has 1 saturated heterocycles. The minimum absolute atomic E-state index is 0.00353. The molecule has 2 rings (SSSR count). The van der Waals surface area contributed by atoms with Crippen LogP contribution in [0.25, 0.3) is 0 Å². The van der Waals surface area contributed by atoms with Gasteiger partial charge in [0.05, 0.1) is 25.3 Å². The third-order valence-electron chi connectivity index (χ3n) is 3.77. The molecule has 20 heavy (non-hydrogen) atoms. The molecule has 1 aromatic rings. The first-order valence-electron chi connectivity index (χ1n) is 7.31. The van der Waals surface area contributed by atoms with Gasteiger partial charge in [0, 0.05) is 18.9 Å². The molecule has 0 spiro atoms. The van der Waals surface area contributed by atoms with Crippen LogP contribution in [0.5, 0.6) is 0 Å². The van der Waals surface area contributed by atoms with Gasteiger partial charge in [-0.3, -0.25) is 4.98 Å². The van der Waals surface area contributed by atoms with E-state index in [1.54, 1.807) is 12.4 Å². The lowest BCUT2D eigenvalue weighted by Crippen LogP contribution is -2.52. The van der Waals surface area contributed by atoms with Crippen LogP contribution in [-0.2, 0) is 4.74 Å². The maximum absolute atomic E-state index is 12.5. The second kappa shape index (κ2) is 7.24. The third kappa shape index (κ3) is 3.48. The zero-order chi connectivity index (χ0) is 14.4. The molecule has 1 aliphatic rings. The Balaban J connectivity index is 2.01. The first kappa shape index (κ1) is 14.8. The second-order valence-electron chi connectivity index (χ2n) is 5.02. The Hall–Kier alpha value is -1.62. The molecular formula is C15H23N3O2. The predicted molar refractivity (Wildman–Crippen MR) is 77.4 cm³/mol. The van der Waals surface area contributed by atoms with Crippen molar-refractivity contribution in [1.82, 2.24) is 15.2 Å². The molecule has 0 aliphatic carbocycles. The molecule has 0 saturated carbocycles. The van der Waals surface area contributed by atoms with Crippen LogP contribution >= 0.6 is 0 Å². The van der Waals surface area contributed by atoms with Crippen molar-refractivity contribution in [2.24, 2.45) is 0 Å².